The third kappa shape index (κ3) is 5.65. The molecule has 1 aliphatic rings. The summed E-state index contributed by atoms with van der Waals surface area (Å²) in [6, 6.07) is 71.4. The highest BCUT2D eigenvalue weighted by atomic mass is 14.7. The first-order chi connectivity index (χ1) is 27.3. The minimum absolute atomic E-state index is 0.449. The number of hydrogen-bond donors (Lipinski definition) is 0. The first-order valence-corrected chi connectivity index (χ1v) is 18.7. The van der Waals surface area contributed by atoms with Gasteiger partial charge in [-0.15, -0.1) is 0 Å². The molecule has 6 aromatic carbocycles. The smallest absolute Gasteiger partial charge is 0.0713 e. The van der Waals surface area contributed by atoms with E-state index < -0.39 is 5.41 Å². The third-order valence-corrected chi connectivity index (χ3v) is 10.8. The van der Waals surface area contributed by atoms with E-state index in [9.17, 15) is 0 Å². The molecule has 0 bridgehead atoms. The molecule has 9 aromatic rings. The quantitative estimate of drug-likeness (QED) is 0.166. The summed E-state index contributed by atoms with van der Waals surface area (Å²) in [7, 11) is 0. The minimum atomic E-state index is -0.449. The van der Waals surface area contributed by atoms with Gasteiger partial charge in [-0.3, -0.25) is 9.97 Å². The Bertz CT molecular complexity index is 2700. The molecular weight excluding hydrogens is 667 g/mol. The number of fused-ring (bicyclic) bond motifs is 3. The van der Waals surface area contributed by atoms with Gasteiger partial charge in [0.1, 0.15) is 0 Å². The van der Waals surface area contributed by atoms with Crippen LogP contribution >= 0.6 is 0 Å². The van der Waals surface area contributed by atoms with Crippen LogP contribution in [0.2, 0.25) is 0 Å². The summed E-state index contributed by atoms with van der Waals surface area (Å²) in [4.78, 5) is 14.6. The molecule has 0 saturated heterocycles. The highest BCUT2D eigenvalue weighted by molar-refractivity contribution is 5.89. The molecule has 0 unspecified atom stereocenters. The third-order valence-electron chi connectivity index (χ3n) is 10.8. The Morgan fingerprint density at radius 3 is 1.40 bits per heavy atom. The van der Waals surface area contributed by atoms with Crippen LogP contribution in [0.15, 0.2) is 213 Å². The molecular formula is C52H35N3. The molecule has 3 nitrogen and oxygen atoms in total. The molecule has 258 valence electrons. The molecule has 0 spiro atoms. The van der Waals surface area contributed by atoms with Crippen molar-refractivity contribution in [2.45, 2.75) is 5.41 Å². The van der Waals surface area contributed by atoms with Crippen LogP contribution in [-0.4, -0.2) is 15.0 Å². The van der Waals surface area contributed by atoms with Gasteiger partial charge in [0.2, 0.25) is 0 Å². The van der Waals surface area contributed by atoms with E-state index in [0.717, 1.165) is 50.6 Å². The van der Waals surface area contributed by atoms with Crippen LogP contribution in [0.3, 0.4) is 0 Å². The molecule has 0 amide bonds. The second kappa shape index (κ2) is 13.6. The fourth-order valence-corrected chi connectivity index (χ4v) is 8.38. The normalized spacial score (nSPS) is 12.5. The zero-order valence-corrected chi connectivity index (χ0v) is 30.0. The highest BCUT2D eigenvalue weighted by Crippen LogP contribution is 2.56. The lowest BCUT2D eigenvalue weighted by Gasteiger charge is -2.34. The Balaban J connectivity index is 1.08. The van der Waals surface area contributed by atoms with Crippen molar-refractivity contribution in [1.82, 2.24) is 15.0 Å². The first kappa shape index (κ1) is 32.4. The summed E-state index contributed by atoms with van der Waals surface area (Å²) < 4.78 is 0. The lowest BCUT2D eigenvalue weighted by atomic mass is 9.67. The molecule has 0 N–H and O–H groups in total. The lowest BCUT2D eigenvalue weighted by Crippen LogP contribution is -2.28. The Hall–Kier alpha value is -7.23. The highest BCUT2D eigenvalue weighted by Gasteiger charge is 2.46. The van der Waals surface area contributed by atoms with Crippen LogP contribution in [0, 0.1) is 0 Å². The predicted octanol–water partition coefficient (Wildman–Crippen LogP) is 12.6. The van der Waals surface area contributed by atoms with Crippen molar-refractivity contribution in [3.05, 3.63) is 235 Å². The van der Waals surface area contributed by atoms with Gasteiger partial charge in [0.25, 0.3) is 0 Å². The van der Waals surface area contributed by atoms with Crippen molar-refractivity contribution in [2.24, 2.45) is 0 Å². The first-order valence-electron chi connectivity index (χ1n) is 18.7. The Morgan fingerprint density at radius 2 is 0.764 bits per heavy atom. The van der Waals surface area contributed by atoms with E-state index in [0.29, 0.717) is 0 Å². The summed E-state index contributed by atoms with van der Waals surface area (Å²) in [6.07, 6.45) is 3.66. The summed E-state index contributed by atoms with van der Waals surface area (Å²) >= 11 is 0. The van der Waals surface area contributed by atoms with Gasteiger partial charge in [0, 0.05) is 34.6 Å². The molecule has 0 radical (unpaired) electrons. The Kier molecular flexibility index (Phi) is 8.04. The monoisotopic (exact) mass is 701 g/mol. The van der Waals surface area contributed by atoms with Gasteiger partial charge in [0.05, 0.1) is 28.2 Å². The molecule has 0 aliphatic heterocycles. The number of aromatic nitrogens is 3. The zero-order chi connectivity index (χ0) is 36.6. The largest absolute Gasteiger partial charge is 0.256 e. The maximum atomic E-state index is 5.26. The van der Waals surface area contributed by atoms with Crippen molar-refractivity contribution in [3.63, 3.8) is 0 Å². The van der Waals surface area contributed by atoms with Crippen molar-refractivity contribution in [2.75, 3.05) is 0 Å². The topological polar surface area (TPSA) is 38.7 Å². The summed E-state index contributed by atoms with van der Waals surface area (Å²) in [5.41, 5.74) is 17.3. The molecule has 0 saturated carbocycles. The number of hydrogen-bond acceptors (Lipinski definition) is 3. The zero-order valence-electron chi connectivity index (χ0n) is 30.0. The van der Waals surface area contributed by atoms with Crippen LogP contribution in [0.5, 0.6) is 0 Å². The van der Waals surface area contributed by atoms with Crippen molar-refractivity contribution in [3.8, 4) is 67.3 Å². The van der Waals surface area contributed by atoms with E-state index in [-0.39, 0.29) is 0 Å². The van der Waals surface area contributed by atoms with Crippen LogP contribution in [0.4, 0.5) is 0 Å². The number of nitrogens with zero attached hydrogens (tertiary/aromatic N) is 3. The van der Waals surface area contributed by atoms with E-state index in [2.05, 4.69) is 174 Å². The van der Waals surface area contributed by atoms with Crippen LogP contribution in [0.1, 0.15) is 22.3 Å². The second-order valence-corrected chi connectivity index (χ2v) is 14.0. The fraction of sp³-hybridized carbons (Fsp3) is 0.0192. The van der Waals surface area contributed by atoms with E-state index in [1.165, 1.54) is 38.9 Å². The average Bonchev–Trinajstić information content (AvgIpc) is 3.58. The molecule has 0 fully saturated rings. The van der Waals surface area contributed by atoms with Gasteiger partial charge in [-0.25, -0.2) is 4.98 Å². The number of benzene rings is 6. The van der Waals surface area contributed by atoms with Gasteiger partial charge in [-0.05, 0) is 111 Å². The molecule has 10 rings (SSSR count). The second-order valence-electron chi connectivity index (χ2n) is 14.0. The average molecular weight is 702 g/mol. The van der Waals surface area contributed by atoms with Gasteiger partial charge in [0.15, 0.2) is 0 Å². The maximum absolute atomic E-state index is 5.26. The minimum Gasteiger partial charge on any atom is -0.256 e. The van der Waals surface area contributed by atoms with E-state index in [1.54, 1.807) is 0 Å². The van der Waals surface area contributed by atoms with Crippen molar-refractivity contribution in [1.29, 1.82) is 0 Å². The lowest BCUT2D eigenvalue weighted by molar-refractivity contribution is 0.769. The van der Waals surface area contributed by atoms with E-state index in [1.807, 2.05) is 48.8 Å². The van der Waals surface area contributed by atoms with E-state index >= 15 is 0 Å². The van der Waals surface area contributed by atoms with Gasteiger partial charge in [-0.1, -0.05) is 133 Å². The summed E-state index contributed by atoms with van der Waals surface area (Å²) in [6.45, 7) is 0. The molecule has 3 heteroatoms. The SMILES string of the molecule is c1ccc(C2(c3ccccc3)c3ccccc3-c3ccc(-c4cccc(-c5cccc(-c6cc(-c7ccccn7)cc(-c7ccccn7)c6)n5)c4)cc32)cc1. The van der Waals surface area contributed by atoms with Gasteiger partial charge >= 0.3 is 0 Å². The Labute approximate surface area is 321 Å². The Morgan fingerprint density at radius 1 is 0.291 bits per heavy atom. The van der Waals surface area contributed by atoms with Crippen LogP contribution < -0.4 is 0 Å². The maximum Gasteiger partial charge on any atom is 0.0713 e. The van der Waals surface area contributed by atoms with Gasteiger partial charge in [-0.2, -0.15) is 0 Å². The van der Waals surface area contributed by atoms with Gasteiger partial charge < -0.3 is 0 Å². The molecule has 55 heavy (non-hydrogen) atoms. The van der Waals surface area contributed by atoms with Crippen LogP contribution in [0.25, 0.3) is 67.3 Å². The predicted molar refractivity (Wildman–Crippen MR) is 224 cm³/mol. The number of pyridine rings is 3. The standard InChI is InChI=1S/C52H35N3/c1-3-17-42(18-4-1)52(43-19-5-2-6-20-43)46-22-8-7-21-44(46)45-28-27-37(35-47(45)52)36-15-13-16-38(31-36)50-25-14-26-51(55-50)41-33-39(48-23-9-11-29-53-48)32-40(34-41)49-24-10-12-30-54-49/h1-35H. The van der Waals surface area contributed by atoms with Crippen molar-refractivity contribution >= 4 is 0 Å². The number of rotatable bonds is 7. The van der Waals surface area contributed by atoms with E-state index in [4.69, 9.17) is 4.98 Å². The summed E-state index contributed by atoms with van der Waals surface area (Å²) in [5.74, 6) is 0. The van der Waals surface area contributed by atoms with Crippen LogP contribution in [-0.2, 0) is 5.41 Å². The summed E-state index contributed by atoms with van der Waals surface area (Å²) in [5, 5.41) is 0. The molecule has 0 atom stereocenters. The molecule has 3 aromatic heterocycles. The molecule has 3 heterocycles. The van der Waals surface area contributed by atoms with Crippen molar-refractivity contribution < 1.29 is 0 Å². The fourth-order valence-electron chi connectivity index (χ4n) is 8.38. The molecule has 1 aliphatic carbocycles.